The molecule has 2 N–H and O–H groups in total. The van der Waals surface area contributed by atoms with E-state index in [1.165, 1.54) is 24.3 Å². The van der Waals surface area contributed by atoms with Gasteiger partial charge >= 0.3 is 6.36 Å². The quantitative estimate of drug-likeness (QED) is 0.373. The van der Waals surface area contributed by atoms with Crippen molar-refractivity contribution in [3.63, 3.8) is 0 Å². The van der Waals surface area contributed by atoms with Crippen LogP contribution in [0.25, 0.3) is 34.3 Å². The molecule has 0 fully saturated rings. The van der Waals surface area contributed by atoms with Gasteiger partial charge in [0.25, 0.3) is 0 Å². The fourth-order valence-electron chi connectivity index (χ4n) is 3.50. The Morgan fingerprint density at radius 2 is 1.66 bits per heavy atom. The SMILES string of the molecule is CC(C)(O)c1ccccc1-c1ccc2nc(/C=C/c3ccc(OC(F)(F)F)cc3)[nH]c2c1. The summed E-state index contributed by atoms with van der Waals surface area (Å²) in [5.74, 6) is 0.348. The molecule has 0 aliphatic rings. The Morgan fingerprint density at radius 3 is 2.34 bits per heavy atom. The van der Waals surface area contributed by atoms with Crippen molar-refractivity contribution < 1.29 is 23.0 Å². The molecule has 0 atom stereocenters. The van der Waals surface area contributed by atoms with Crippen molar-refractivity contribution in [1.29, 1.82) is 0 Å². The van der Waals surface area contributed by atoms with Gasteiger partial charge in [-0.1, -0.05) is 48.5 Å². The summed E-state index contributed by atoms with van der Waals surface area (Å²) in [6, 6.07) is 19.1. The van der Waals surface area contributed by atoms with E-state index < -0.39 is 12.0 Å². The molecule has 0 amide bonds. The van der Waals surface area contributed by atoms with Crippen LogP contribution in [0.4, 0.5) is 13.2 Å². The lowest BCUT2D eigenvalue weighted by atomic mass is 9.89. The van der Waals surface area contributed by atoms with Gasteiger partial charge in [-0.15, -0.1) is 13.2 Å². The molecule has 0 radical (unpaired) electrons. The number of halogens is 3. The van der Waals surface area contributed by atoms with Crippen LogP contribution in [0.1, 0.15) is 30.8 Å². The third-order valence-corrected chi connectivity index (χ3v) is 4.94. The highest BCUT2D eigenvalue weighted by atomic mass is 19.4. The van der Waals surface area contributed by atoms with Crippen LogP contribution >= 0.6 is 0 Å². The molecule has 0 unspecified atom stereocenters. The number of aliphatic hydroxyl groups is 1. The molecule has 3 aromatic carbocycles. The first-order valence-electron chi connectivity index (χ1n) is 9.94. The monoisotopic (exact) mass is 438 g/mol. The highest BCUT2D eigenvalue weighted by Crippen LogP contribution is 2.33. The van der Waals surface area contributed by atoms with Gasteiger partial charge in [-0.05, 0) is 66.4 Å². The number of H-pyrrole nitrogens is 1. The van der Waals surface area contributed by atoms with Crippen molar-refractivity contribution in [2.24, 2.45) is 0 Å². The molecule has 0 aliphatic heterocycles. The average Bonchev–Trinajstić information content (AvgIpc) is 3.14. The van der Waals surface area contributed by atoms with Gasteiger partial charge in [-0.3, -0.25) is 0 Å². The predicted octanol–water partition coefficient (Wildman–Crippen LogP) is 6.53. The van der Waals surface area contributed by atoms with E-state index in [9.17, 15) is 18.3 Å². The second kappa shape index (κ2) is 8.16. The van der Waals surface area contributed by atoms with Crippen LogP contribution in [-0.2, 0) is 5.60 Å². The van der Waals surface area contributed by atoms with Gasteiger partial charge in [0.05, 0.1) is 16.6 Å². The third kappa shape index (κ3) is 5.00. The van der Waals surface area contributed by atoms with E-state index in [0.717, 1.165) is 27.7 Å². The second-order valence-electron chi connectivity index (χ2n) is 7.91. The fraction of sp³-hybridized carbons (Fsp3) is 0.160. The normalized spacial score (nSPS) is 12.6. The molecule has 4 rings (SSSR count). The molecular formula is C25H21F3N2O2. The Kier molecular flexibility index (Phi) is 5.52. The van der Waals surface area contributed by atoms with E-state index in [1.54, 1.807) is 26.0 Å². The number of rotatable bonds is 5. The maximum Gasteiger partial charge on any atom is 0.573 e. The smallest absolute Gasteiger partial charge is 0.406 e. The van der Waals surface area contributed by atoms with Crippen molar-refractivity contribution in [3.8, 4) is 16.9 Å². The minimum atomic E-state index is -4.71. The van der Waals surface area contributed by atoms with Gasteiger partial charge in [0.1, 0.15) is 11.6 Å². The van der Waals surface area contributed by atoms with Crippen LogP contribution in [-0.4, -0.2) is 21.4 Å². The summed E-state index contributed by atoms with van der Waals surface area (Å²) in [5.41, 5.74) is 4.07. The first kappa shape index (κ1) is 21.6. The van der Waals surface area contributed by atoms with Crippen LogP contribution in [0.3, 0.4) is 0 Å². The molecule has 1 heterocycles. The molecule has 164 valence electrons. The van der Waals surface area contributed by atoms with Crippen molar-refractivity contribution >= 4 is 23.2 Å². The zero-order valence-electron chi connectivity index (χ0n) is 17.4. The van der Waals surface area contributed by atoms with Gasteiger partial charge < -0.3 is 14.8 Å². The number of imidazole rings is 1. The summed E-state index contributed by atoms with van der Waals surface area (Å²) >= 11 is 0. The number of nitrogens with one attached hydrogen (secondary N) is 1. The van der Waals surface area contributed by atoms with Crippen molar-refractivity contribution in [1.82, 2.24) is 9.97 Å². The molecule has 0 saturated heterocycles. The zero-order chi connectivity index (χ0) is 22.9. The number of hydrogen-bond donors (Lipinski definition) is 2. The minimum absolute atomic E-state index is 0.266. The summed E-state index contributed by atoms with van der Waals surface area (Å²) in [5, 5.41) is 10.5. The summed E-state index contributed by atoms with van der Waals surface area (Å²) in [6.07, 6.45) is -1.21. The number of fused-ring (bicyclic) bond motifs is 1. The summed E-state index contributed by atoms with van der Waals surface area (Å²) in [6.45, 7) is 3.51. The maximum atomic E-state index is 12.3. The van der Waals surface area contributed by atoms with Crippen LogP contribution in [0.15, 0.2) is 66.7 Å². The molecule has 0 spiro atoms. The minimum Gasteiger partial charge on any atom is -0.406 e. The van der Waals surface area contributed by atoms with Crippen molar-refractivity contribution in [2.75, 3.05) is 0 Å². The van der Waals surface area contributed by atoms with E-state index in [-0.39, 0.29) is 5.75 Å². The van der Waals surface area contributed by atoms with Crippen LogP contribution < -0.4 is 4.74 Å². The Bertz CT molecular complexity index is 1270. The summed E-state index contributed by atoms with van der Waals surface area (Å²) in [4.78, 5) is 7.78. The molecule has 7 heteroatoms. The standard InChI is InChI=1S/C25H21F3N2O2/c1-24(2,31)20-6-4-3-5-19(20)17-10-13-21-22(15-17)30-23(29-21)14-9-16-7-11-18(12-8-16)32-25(26,27)28/h3-15,31H,1-2H3,(H,29,30)/b14-9+. The number of hydrogen-bond acceptors (Lipinski definition) is 3. The van der Waals surface area contributed by atoms with Gasteiger partial charge in [0.15, 0.2) is 0 Å². The highest BCUT2D eigenvalue weighted by molar-refractivity contribution is 5.84. The number of aromatic nitrogens is 2. The van der Waals surface area contributed by atoms with Crippen molar-refractivity contribution in [2.45, 2.75) is 25.8 Å². The Labute approximate surface area is 183 Å². The zero-order valence-corrected chi connectivity index (χ0v) is 17.4. The molecule has 32 heavy (non-hydrogen) atoms. The molecule has 4 aromatic rings. The van der Waals surface area contributed by atoms with E-state index in [4.69, 9.17) is 0 Å². The Morgan fingerprint density at radius 1 is 0.938 bits per heavy atom. The van der Waals surface area contributed by atoms with E-state index in [0.29, 0.717) is 11.4 Å². The number of nitrogens with zero attached hydrogens (tertiary/aromatic N) is 1. The van der Waals surface area contributed by atoms with Gasteiger partial charge in [0.2, 0.25) is 0 Å². The topological polar surface area (TPSA) is 58.1 Å². The number of alkyl halides is 3. The van der Waals surface area contributed by atoms with E-state index in [1.807, 2.05) is 42.5 Å². The predicted molar refractivity (Wildman–Crippen MR) is 119 cm³/mol. The summed E-state index contributed by atoms with van der Waals surface area (Å²) in [7, 11) is 0. The van der Waals surface area contributed by atoms with Gasteiger partial charge in [-0.25, -0.2) is 4.98 Å². The lowest BCUT2D eigenvalue weighted by molar-refractivity contribution is -0.274. The van der Waals surface area contributed by atoms with E-state index >= 15 is 0 Å². The molecular weight excluding hydrogens is 417 g/mol. The highest BCUT2D eigenvalue weighted by Gasteiger charge is 2.30. The number of ether oxygens (including phenoxy) is 1. The molecule has 0 bridgehead atoms. The number of benzene rings is 3. The third-order valence-electron chi connectivity index (χ3n) is 4.94. The van der Waals surface area contributed by atoms with Crippen LogP contribution in [0.5, 0.6) is 5.75 Å². The fourth-order valence-corrected chi connectivity index (χ4v) is 3.50. The first-order chi connectivity index (χ1) is 15.1. The lowest BCUT2D eigenvalue weighted by Gasteiger charge is -2.21. The van der Waals surface area contributed by atoms with Crippen molar-refractivity contribution in [3.05, 3.63) is 83.7 Å². The lowest BCUT2D eigenvalue weighted by Crippen LogP contribution is -2.16. The van der Waals surface area contributed by atoms with Crippen LogP contribution in [0.2, 0.25) is 0 Å². The summed E-state index contributed by atoms with van der Waals surface area (Å²) < 4.78 is 40.7. The average molecular weight is 438 g/mol. The number of aromatic amines is 1. The van der Waals surface area contributed by atoms with Crippen LogP contribution in [0, 0.1) is 0 Å². The maximum absolute atomic E-state index is 12.3. The molecule has 0 aliphatic carbocycles. The first-order valence-corrected chi connectivity index (χ1v) is 9.94. The Balaban J connectivity index is 1.58. The molecule has 1 aromatic heterocycles. The van der Waals surface area contributed by atoms with Gasteiger partial charge in [0, 0.05) is 0 Å². The van der Waals surface area contributed by atoms with E-state index in [2.05, 4.69) is 14.7 Å². The largest absolute Gasteiger partial charge is 0.573 e. The second-order valence-corrected chi connectivity index (χ2v) is 7.91. The van der Waals surface area contributed by atoms with Gasteiger partial charge in [-0.2, -0.15) is 0 Å². The molecule has 0 saturated carbocycles. The molecule has 4 nitrogen and oxygen atoms in total. The Hall–Kier alpha value is -3.58.